The molecule has 1 aliphatic rings. The molecule has 0 N–H and O–H groups in total. The number of methoxy groups -OCH3 is 1. The van der Waals surface area contributed by atoms with E-state index in [-0.39, 0.29) is 5.91 Å². The maximum atomic E-state index is 12.3. The van der Waals surface area contributed by atoms with Gasteiger partial charge in [0.25, 0.3) is 0 Å². The standard InChI is InChI=1S/C22H26N2O2/c1-26-21-9-6-18(7-10-21)4-5-19-12-15-24(16-13-19)22(25)11-8-20-3-2-14-23-17-20/h2-3,6-11,14,17,19H,4-5,12-13,15-16H2,1H3/b11-8+. The van der Waals surface area contributed by atoms with E-state index in [1.54, 1.807) is 25.6 Å². The Bertz CT molecular complexity index is 718. The summed E-state index contributed by atoms with van der Waals surface area (Å²) in [5.41, 5.74) is 2.30. The lowest BCUT2D eigenvalue weighted by molar-refractivity contribution is -0.127. The minimum Gasteiger partial charge on any atom is -0.497 e. The highest BCUT2D eigenvalue weighted by Gasteiger charge is 2.21. The molecule has 0 bridgehead atoms. The van der Waals surface area contributed by atoms with Gasteiger partial charge >= 0.3 is 0 Å². The summed E-state index contributed by atoms with van der Waals surface area (Å²) in [7, 11) is 1.69. The number of ether oxygens (including phenoxy) is 1. The van der Waals surface area contributed by atoms with Crippen LogP contribution < -0.4 is 4.74 Å². The zero-order valence-corrected chi connectivity index (χ0v) is 15.3. The van der Waals surface area contributed by atoms with Crippen molar-refractivity contribution >= 4 is 12.0 Å². The van der Waals surface area contributed by atoms with Crippen LogP contribution in [0.25, 0.3) is 6.08 Å². The van der Waals surface area contributed by atoms with Gasteiger partial charge in [-0.3, -0.25) is 9.78 Å². The average molecular weight is 350 g/mol. The van der Waals surface area contributed by atoms with Crippen molar-refractivity contribution < 1.29 is 9.53 Å². The molecule has 1 aliphatic heterocycles. The number of nitrogens with zero attached hydrogens (tertiary/aromatic N) is 2. The van der Waals surface area contributed by atoms with E-state index in [1.807, 2.05) is 35.2 Å². The molecule has 1 aromatic heterocycles. The summed E-state index contributed by atoms with van der Waals surface area (Å²) in [6.07, 6.45) is 11.4. The second kappa shape index (κ2) is 9.18. The largest absolute Gasteiger partial charge is 0.497 e. The van der Waals surface area contributed by atoms with Crippen molar-refractivity contribution in [1.29, 1.82) is 0 Å². The van der Waals surface area contributed by atoms with Crippen molar-refractivity contribution in [1.82, 2.24) is 9.88 Å². The van der Waals surface area contributed by atoms with Gasteiger partial charge in [0.05, 0.1) is 7.11 Å². The van der Waals surface area contributed by atoms with Gasteiger partial charge in [0, 0.05) is 31.6 Å². The van der Waals surface area contributed by atoms with E-state index in [9.17, 15) is 4.79 Å². The van der Waals surface area contributed by atoms with Crippen molar-refractivity contribution in [3.63, 3.8) is 0 Å². The molecule has 0 aliphatic carbocycles. The van der Waals surface area contributed by atoms with E-state index in [0.29, 0.717) is 5.92 Å². The fourth-order valence-electron chi connectivity index (χ4n) is 3.35. The molecule has 0 spiro atoms. The molecule has 0 unspecified atom stereocenters. The van der Waals surface area contributed by atoms with E-state index in [2.05, 4.69) is 17.1 Å². The maximum absolute atomic E-state index is 12.3. The molecule has 2 aromatic rings. The van der Waals surface area contributed by atoms with E-state index in [0.717, 1.165) is 43.7 Å². The highest BCUT2D eigenvalue weighted by atomic mass is 16.5. The molecule has 0 radical (unpaired) electrons. The molecule has 4 heteroatoms. The van der Waals surface area contributed by atoms with E-state index in [1.165, 1.54) is 12.0 Å². The summed E-state index contributed by atoms with van der Waals surface area (Å²) < 4.78 is 5.20. The van der Waals surface area contributed by atoms with Crippen LogP contribution in [0.15, 0.2) is 54.9 Å². The first-order valence-electron chi connectivity index (χ1n) is 9.24. The highest BCUT2D eigenvalue weighted by Crippen LogP contribution is 2.23. The zero-order chi connectivity index (χ0) is 18.2. The number of aromatic nitrogens is 1. The summed E-state index contributed by atoms with van der Waals surface area (Å²) in [6, 6.07) is 12.1. The molecule has 4 nitrogen and oxygen atoms in total. The molecule has 1 aromatic carbocycles. The summed E-state index contributed by atoms with van der Waals surface area (Å²) in [5, 5.41) is 0. The second-order valence-electron chi connectivity index (χ2n) is 6.78. The number of carbonyl (C=O) groups is 1. The van der Waals surface area contributed by atoms with Gasteiger partial charge in [-0.05, 0) is 67.0 Å². The van der Waals surface area contributed by atoms with Crippen molar-refractivity contribution in [3.8, 4) is 5.75 Å². The van der Waals surface area contributed by atoms with Gasteiger partial charge in [0.2, 0.25) is 5.91 Å². The van der Waals surface area contributed by atoms with Crippen LogP contribution in [0, 0.1) is 5.92 Å². The molecule has 26 heavy (non-hydrogen) atoms. The van der Waals surface area contributed by atoms with Crippen LogP contribution in [0.5, 0.6) is 5.75 Å². The molecular weight excluding hydrogens is 324 g/mol. The smallest absolute Gasteiger partial charge is 0.246 e. The number of carbonyl (C=O) groups excluding carboxylic acids is 1. The van der Waals surface area contributed by atoms with Crippen LogP contribution in [-0.4, -0.2) is 36.0 Å². The number of benzene rings is 1. The first kappa shape index (κ1) is 18.2. The molecule has 1 saturated heterocycles. The summed E-state index contributed by atoms with van der Waals surface area (Å²) in [6.45, 7) is 1.70. The quantitative estimate of drug-likeness (QED) is 0.740. The minimum atomic E-state index is 0.0995. The van der Waals surface area contributed by atoms with Gasteiger partial charge in [-0.25, -0.2) is 0 Å². The zero-order valence-electron chi connectivity index (χ0n) is 15.3. The molecule has 0 atom stereocenters. The molecule has 1 fully saturated rings. The van der Waals surface area contributed by atoms with Crippen molar-refractivity contribution in [2.45, 2.75) is 25.7 Å². The Labute approximate surface area is 155 Å². The maximum Gasteiger partial charge on any atom is 0.246 e. The average Bonchev–Trinajstić information content (AvgIpc) is 2.72. The number of aryl methyl sites for hydroxylation is 1. The van der Waals surface area contributed by atoms with E-state index >= 15 is 0 Å². The van der Waals surface area contributed by atoms with Crippen LogP contribution in [0.1, 0.15) is 30.4 Å². The van der Waals surface area contributed by atoms with Gasteiger partial charge in [-0.1, -0.05) is 18.2 Å². The van der Waals surface area contributed by atoms with Gasteiger partial charge in [0.1, 0.15) is 5.75 Å². The Morgan fingerprint density at radius 2 is 2.00 bits per heavy atom. The first-order chi connectivity index (χ1) is 12.7. The van der Waals surface area contributed by atoms with Gasteiger partial charge in [0.15, 0.2) is 0 Å². The lowest BCUT2D eigenvalue weighted by Gasteiger charge is -2.31. The van der Waals surface area contributed by atoms with Gasteiger partial charge in [-0.2, -0.15) is 0 Å². The molecule has 3 rings (SSSR count). The third-order valence-corrected chi connectivity index (χ3v) is 5.03. The SMILES string of the molecule is COc1ccc(CCC2CCN(C(=O)/C=C/c3cccnc3)CC2)cc1. The predicted octanol–water partition coefficient (Wildman–Crippen LogP) is 3.97. The van der Waals surface area contributed by atoms with Crippen LogP contribution in [0.4, 0.5) is 0 Å². The lowest BCUT2D eigenvalue weighted by atomic mass is 9.90. The van der Waals surface area contributed by atoms with Crippen LogP contribution in [0.3, 0.4) is 0 Å². The normalized spacial score (nSPS) is 15.3. The minimum absolute atomic E-state index is 0.0995. The fourth-order valence-corrected chi connectivity index (χ4v) is 3.35. The number of likely N-dealkylation sites (tertiary alicyclic amines) is 1. The molecule has 1 amide bonds. The van der Waals surface area contributed by atoms with Crippen LogP contribution in [-0.2, 0) is 11.2 Å². The van der Waals surface area contributed by atoms with Crippen molar-refractivity contribution in [2.24, 2.45) is 5.92 Å². The fraction of sp³-hybridized carbons (Fsp3) is 0.364. The number of hydrogen-bond acceptors (Lipinski definition) is 3. The highest BCUT2D eigenvalue weighted by molar-refractivity contribution is 5.91. The summed E-state index contributed by atoms with van der Waals surface area (Å²) >= 11 is 0. The monoisotopic (exact) mass is 350 g/mol. The Kier molecular flexibility index (Phi) is 6.42. The predicted molar refractivity (Wildman–Crippen MR) is 104 cm³/mol. The molecule has 0 saturated carbocycles. The summed E-state index contributed by atoms with van der Waals surface area (Å²) in [5.74, 6) is 1.70. The second-order valence-corrected chi connectivity index (χ2v) is 6.78. The lowest BCUT2D eigenvalue weighted by Crippen LogP contribution is -2.37. The van der Waals surface area contributed by atoms with E-state index < -0.39 is 0 Å². The number of amides is 1. The Hall–Kier alpha value is -2.62. The Morgan fingerprint density at radius 3 is 2.65 bits per heavy atom. The topological polar surface area (TPSA) is 42.4 Å². The Morgan fingerprint density at radius 1 is 1.23 bits per heavy atom. The third kappa shape index (κ3) is 5.19. The van der Waals surface area contributed by atoms with E-state index in [4.69, 9.17) is 4.74 Å². The molecule has 136 valence electrons. The van der Waals surface area contributed by atoms with Crippen molar-refractivity contribution in [3.05, 3.63) is 66.0 Å². The number of piperidine rings is 1. The molecule has 2 heterocycles. The Balaban J connectivity index is 1.42. The van der Waals surface area contributed by atoms with Gasteiger partial charge < -0.3 is 9.64 Å². The van der Waals surface area contributed by atoms with Gasteiger partial charge in [-0.15, -0.1) is 0 Å². The first-order valence-corrected chi connectivity index (χ1v) is 9.24. The van der Waals surface area contributed by atoms with Crippen LogP contribution >= 0.6 is 0 Å². The number of hydrogen-bond donors (Lipinski definition) is 0. The third-order valence-electron chi connectivity index (χ3n) is 5.03. The van der Waals surface area contributed by atoms with Crippen LogP contribution in [0.2, 0.25) is 0 Å². The van der Waals surface area contributed by atoms with Crippen molar-refractivity contribution in [2.75, 3.05) is 20.2 Å². The number of pyridine rings is 1. The summed E-state index contributed by atoms with van der Waals surface area (Å²) in [4.78, 5) is 18.3. The molecular formula is C22H26N2O2. The number of rotatable bonds is 6.